The van der Waals surface area contributed by atoms with Crippen LogP contribution >= 0.6 is 11.8 Å². The van der Waals surface area contributed by atoms with E-state index in [9.17, 15) is 4.79 Å². The Bertz CT molecular complexity index is 813. The summed E-state index contributed by atoms with van der Waals surface area (Å²) in [6, 6.07) is 4.07. The lowest BCUT2D eigenvalue weighted by Gasteiger charge is -2.52. The van der Waals surface area contributed by atoms with Crippen molar-refractivity contribution < 1.29 is 23.7 Å². The molecule has 0 aromatic heterocycles. The van der Waals surface area contributed by atoms with Gasteiger partial charge >= 0.3 is 0 Å². The molecular formula is C21H24O5S. The van der Waals surface area contributed by atoms with Crippen LogP contribution in [0.25, 0.3) is 6.08 Å². The summed E-state index contributed by atoms with van der Waals surface area (Å²) in [7, 11) is 1.68. The number of hydrogen-bond acceptors (Lipinski definition) is 6. The second-order valence-electron chi connectivity index (χ2n) is 7.70. The maximum atomic E-state index is 11.6. The molecule has 0 bridgehead atoms. The summed E-state index contributed by atoms with van der Waals surface area (Å²) in [6.45, 7) is 2.82. The smallest absolute Gasteiger partial charge is 0.206 e. The van der Waals surface area contributed by atoms with E-state index >= 15 is 0 Å². The highest BCUT2D eigenvalue weighted by atomic mass is 32.2. The summed E-state index contributed by atoms with van der Waals surface area (Å²) in [5.41, 5.74) is 2.13. The standard InChI is InChI=1S/C21H24O5S/c1-13(22)27-12-9-20-15-5-3-14-4-6-16(23-2)18(17(14)20)26-19(20)21(8-7-15)24-10-11-25-21/h3-6,15,19H,7-12H2,1-2H3/t15-,19-,20+/m1/s1. The molecule has 1 aromatic rings. The summed E-state index contributed by atoms with van der Waals surface area (Å²) in [6.07, 6.45) is 6.95. The number of allylic oxidation sites excluding steroid dienone is 1. The molecule has 1 aromatic carbocycles. The van der Waals surface area contributed by atoms with Gasteiger partial charge in [0.1, 0.15) is 0 Å². The van der Waals surface area contributed by atoms with Crippen LogP contribution in [-0.4, -0.2) is 43.1 Å². The van der Waals surface area contributed by atoms with E-state index in [1.807, 2.05) is 6.07 Å². The molecule has 1 saturated heterocycles. The molecule has 0 amide bonds. The Kier molecular flexibility index (Phi) is 4.08. The lowest BCUT2D eigenvalue weighted by Crippen LogP contribution is -2.62. The van der Waals surface area contributed by atoms with E-state index in [1.165, 1.54) is 22.9 Å². The highest BCUT2D eigenvalue weighted by Gasteiger charge is 2.67. The number of hydrogen-bond donors (Lipinski definition) is 0. The van der Waals surface area contributed by atoms with Gasteiger partial charge in [-0.15, -0.1) is 0 Å². The number of benzene rings is 1. The molecule has 2 heterocycles. The van der Waals surface area contributed by atoms with Crippen LogP contribution in [0.2, 0.25) is 0 Å². The molecule has 5 rings (SSSR count). The summed E-state index contributed by atoms with van der Waals surface area (Å²) >= 11 is 1.38. The molecule has 3 atom stereocenters. The molecule has 2 aliphatic heterocycles. The average molecular weight is 388 g/mol. The van der Waals surface area contributed by atoms with Gasteiger partial charge in [0.25, 0.3) is 0 Å². The van der Waals surface area contributed by atoms with Crippen LogP contribution in [0.4, 0.5) is 0 Å². The van der Waals surface area contributed by atoms with Crippen molar-refractivity contribution in [3.63, 3.8) is 0 Å². The fraction of sp³-hybridized carbons (Fsp3) is 0.571. The third-order valence-corrected chi connectivity index (χ3v) is 7.33. The van der Waals surface area contributed by atoms with Crippen LogP contribution < -0.4 is 9.47 Å². The minimum Gasteiger partial charge on any atom is -0.493 e. The van der Waals surface area contributed by atoms with Gasteiger partial charge in [-0.25, -0.2) is 0 Å². The summed E-state index contributed by atoms with van der Waals surface area (Å²) in [4.78, 5) is 11.6. The average Bonchev–Trinajstić information content (AvgIpc) is 3.26. The van der Waals surface area contributed by atoms with Crippen LogP contribution in [0.15, 0.2) is 18.2 Å². The SMILES string of the molecule is COc1ccc2c3c1O[C@H]1C4(CC[C@@H](C=C2)[C@@]31CCSC(C)=O)OCCO4. The van der Waals surface area contributed by atoms with Crippen LogP contribution in [-0.2, 0) is 19.7 Å². The normalized spacial score (nSPS) is 31.6. The van der Waals surface area contributed by atoms with Gasteiger partial charge in [0, 0.05) is 30.1 Å². The van der Waals surface area contributed by atoms with Crippen molar-refractivity contribution in [2.24, 2.45) is 5.92 Å². The Balaban J connectivity index is 1.67. The molecule has 1 saturated carbocycles. The van der Waals surface area contributed by atoms with Gasteiger partial charge in [0.05, 0.1) is 20.3 Å². The summed E-state index contributed by atoms with van der Waals surface area (Å²) < 4.78 is 24.6. The molecule has 6 heteroatoms. The second kappa shape index (κ2) is 6.26. The monoisotopic (exact) mass is 388 g/mol. The first-order chi connectivity index (χ1) is 13.1. The lowest BCUT2D eigenvalue weighted by atomic mass is 9.56. The van der Waals surface area contributed by atoms with Crippen LogP contribution in [0, 0.1) is 5.92 Å². The molecular weight excluding hydrogens is 364 g/mol. The maximum Gasteiger partial charge on any atom is 0.206 e. The zero-order valence-electron chi connectivity index (χ0n) is 15.7. The van der Waals surface area contributed by atoms with E-state index in [4.69, 9.17) is 18.9 Å². The predicted octanol–water partition coefficient (Wildman–Crippen LogP) is 3.54. The van der Waals surface area contributed by atoms with Gasteiger partial charge in [0.2, 0.25) is 5.79 Å². The van der Waals surface area contributed by atoms with Crippen molar-refractivity contribution in [3.8, 4) is 11.5 Å². The van der Waals surface area contributed by atoms with Crippen LogP contribution in [0.5, 0.6) is 11.5 Å². The lowest BCUT2D eigenvalue weighted by molar-refractivity contribution is -0.247. The highest BCUT2D eigenvalue weighted by molar-refractivity contribution is 8.13. The van der Waals surface area contributed by atoms with Gasteiger partial charge in [0.15, 0.2) is 22.7 Å². The van der Waals surface area contributed by atoms with Gasteiger partial charge in [-0.2, -0.15) is 0 Å². The first kappa shape index (κ1) is 17.6. The molecule has 2 fully saturated rings. The quantitative estimate of drug-likeness (QED) is 0.786. The minimum absolute atomic E-state index is 0.149. The number of ether oxygens (including phenoxy) is 4. The Morgan fingerprint density at radius 3 is 2.89 bits per heavy atom. The molecule has 27 heavy (non-hydrogen) atoms. The zero-order valence-corrected chi connectivity index (χ0v) is 16.5. The molecule has 0 unspecified atom stereocenters. The zero-order chi connectivity index (χ0) is 18.6. The van der Waals surface area contributed by atoms with Crippen molar-refractivity contribution >= 4 is 23.0 Å². The third-order valence-electron chi connectivity index (χ3n) is 6.51. The van der Waals surface area contributed by atoms with Gasteiger partial charge in [-0.05, 0) is 30.4 Å². The van der Waals surface area contributed by atoms with Gasteiger partial charge < -0.3 is 18.9 Å². The van der Waals surface area contributed by atoms with E-state index < -0.39 is 5.79 Å². The second-order valence-corrected chi connectivity index (χ2v) is 8.97. The van der Waals surface area contributed by atoms with Crippen molar-refractivity contribution in [2.45, 2.75) is 43.5 Å². The van der Waals surface area contributed by atoms with E-state index in [1.54, 1.807) is 14.0 Å². The first-order valence-electron chi connectivity index (χ1n) is 9.58. The van der Waals surface area contributed by atoms with Crippen LogP contribution in [0.3, 0.4) is 0 Å². The van der Waals surface area contributed by atoms with Crippen molar-refractivity contribution in [1.82, 2.24) is 0 Å². The van der Waals surface area contributed by atoms with Crippen molar-refractivity contribution in [3.05, 3.63) is 29.3 Å². The van der Waals surface area contributed by atoms with E-state index in [-0.39, 0.29) is 16.6 Å². The first-order valence-corrected chi connectivity index (χ1v) is 10.6. The molecule has 4 aliphatic rings. The van der Waals surface area contributed by atoms with E-state index in [0.717, 1.165) is 36.5 Å². The number of thioether (sulfide) groups is 1. The third kappa shape index (κ3) is 2.36. The Labute approximate surface area is 163 Å². The molecule has 144 valence electrons. The van der Waals surface area contributed by atoms with Crippen molar-refractivity contribution in [2.75, 3.05) is 26.1 Å². The highest BCUT2D eigenvalue weighted by Crippen LogP contribution is 2.64. The molecule has 1 spiro atoms. The molecule has 0 radical (unpaired) electrons. The molecule has 0 N–H and O–H groups in total. The van der Waals surface area contributed by atoms with Crippen molar-refractivity contribution in [1.29, 1.82) is 0 Å². The van der Waals surface area contributed by atoms with E-state index in [2.05, 4.69) is 18.2 Å². The van der Waals surface area contributed by atoms with E-state index in [0.29, 0.717) is 19.1 Å². The number of rotatable bonds is 4. The summed E-state index contributed by atoms with van der Waals surface area (Å²) in [5, 5.41) is 0.149. The van der Waals surface area contributed by atoms with Crippen LogP contribution in [0.1, 0.15) is 37.3 Å². The summed E-state index contributed by atoms with van der Waals surface area (Å²) in [5.74, 6) is 1.97. The molecule has 2 aliphatic carbocycles. The Morgan fingerprint density at radius 2 is 2.15 bits per heavy atom. The predicted molar refractivity (Wildman–Crippen MR) is 103 cm³/mol. The minimum atomic E-state index is -0.704. The number of carbonyl (C=O) groups excluding carboxylic acids is 1. The topological polar surface area (TPSA) is 54.0 Å². The fourth-order valence-electron chi connectivity index (χ4n) is 5.50. The van der Waals surface area contributed by atoms with Gasteiger partial charge in [-0.1, -0.05) is 30.0 Å². The Morgan fingerprint density at radius 1 is 1.33 bits per heavy atom. The number of carbonyl (C=O) groups is 1. The largest absolute Gasteiger partial charge is 0.493 e. The fourth-order valence-corrected chi connectivity index (χ4v) is 6.22. The number of fused-ring (bicyclic) bond motifs is 1. The maximum absolute atomic E-state index is 11.6. The van der Waals surface area contributed by atoms with Gasteiger partial charge in [-0.3, -0.25) is 4.79 Å². The molecule has 5 nitrogen and oxygen atoms in total. The number of methoxy groups -OCH3 is 1. The Hall–Kier alpha value is -1.50.